The molecule has 0 bridgehead atoms. The average Bonchev–Trinajstić information content (AvgIpc) is 1.86. The van der Waals surface area contributed by atoms with Crippen LogP contribution in [0.25, 0.3) is 0 Å². The molecule has 1 aliphatic rings. The molecule has 0 amide bonds. The van der Waals surface area contributed by atoms with Gasteiger partial charge in [-0.15, -0.1) is 6.08 Å². The van der Waals surface area contributed by atoms with Crippen molar-refractivity contribution in [1.29, 1.82) is 0 Å². The summed E-state index contributed by atoms with van der Waals surface area (Å²) < 4.78 is 0. The topological polar surface area (TPSA) is 0 Å². The normalized spacial score (nSPS) is 14.2. The average molecular weight is 128 g/mol. The third kappa shape index (κ3) is 0.792. The molecule has 2 rings (SSSR count). The molecular formula is C10H8. The van der Waals surface area contributed by atoms with Gasteiger partial charge in [-0.2, -0.15) is 0 Å². The van der Waals surface area contributed by atoms with Crippen LogP contribution in [0.2, 0.25) is 0 Å². The molecule has 0 radical (unpaired) electrons. The Bertz CT molecular complexity index is 233. The summed E-state index contributed by atoms with van der Waals surface area (Å²) in [7, 11) is 0. The molecular weight excluding hydrogens is 120 g/mol. The van der Waals surface area contributed by atoms with Gasteiger partial charge in [0.25, 0.3) is 0 Å². The lowest BCUT2D eigenvalue weighted by Crippen LogP contribution is -2.01. The first-order valence-corrected chi connectivity index (χ1v) is 3.45. The summed E-state index contributed by atoms with van der Waals surface area (Å²) in [6.07, 6.45) is 6.17. The highest BCUT2D eigenvalue weighted by Gasteiger charge is 2.11. The van der Waals surface area contributed by atoms with Crippen LogP contribution in [0, 0.1) is 12.0 Å². The van der Waals surface area contributed by atoms with Crippen molar-refractivity contribution < 1.29 is 0 Å². The number of rotatable bonds is 1. The van der Waals surface area contributed by atoms with Crippen molar-refractivity contribution in [2.75, 3.05) is 0 Å². The van der Waals surface area contributed by atoms with Crippen molar-refractivity contribution in [3.05, 3.63) is 54.0 Å². The summed E-state index contributed by atoms with van der Waals surface area (Å²) in [5.41, 5.74) is 1.33. The second-order valence-electron chi connectivity index (χ2n) is 2.42. The van der Waals surface area contributed by atoms with E-state index in [-0.39, 0.29) is 0 Å². The molecule has 1 aromatic rings. The molecule has 0 heterocycles. The fraction of sp³-hybridized carbons (Fsp3) is 0.100. The molecule has 0 fully saturated rings. The van der Waals surface area contributed by atoms with Gasteiger partial charge in [0.2, 0.25) is 0 Å². The van der Waals surface area contributed by atoms with Crippen LogP contribution in [0.15, 0.2) is 36.4 Å². The minimum atomic E-state index is 1.02. The van der Waals surface area contributed by atoms with E-state index in [4.69, 9.17) is 0 Å². The minimum absolute atomic E-state index is 1.02. The molecule has 0 heteroatoms. The van der Waals surface area contributed by atoms with Crippen molar-refractivity contribution >= 4 is 0 Å². The fourth-order valence-electron chi connectivity index (χ4n) is 1.04. The summed E-state index contributed by atoms with van der Waals surface area (Å²) in [5, 5.41) is 0. The van der Waals surface area contributed by atoms with Crippen LogP contribution in [-0.4, -0.2) is 0 Å². The molecule has 0 aromatic heterocycles. The zero-order valence-corrected chi connectivity index (χ0v) is 5.67. The van der Waals surface area contributed by atoms with Crippen molar-refractivity contribution in [2.24, 2.45) is 0 Å². The van der Waals surface area contributed by atoms with E-state index in [0.717, 1.165) is 6.42 Å². The Labute approximate surface area is 61.2 Å². The Hall–Kier alpha value is -1.26. The maximum absolute atomic E-state index is 3.10. The zero-order valence-electron chi connectivity index (χ0n) is 5.67. The number of hydrogen-bond donors (Lipinski definition) is 0. The van der Waals surface area contributed by atoms with Gasteiger partial charge in [-0.1, -0.05) is 30.3 Å². The second kappa shape index (κ2) is 2.17. The highest BCUT2D eigenvalue weighted by atomic mass is 14.1. The van der Waals surface area contributed by atoms with E-state index in [1.165, 1.54) is 11.5 Å². The summed E-state index contributed by atoms with van der Waals surface area (Å²) >= 11 is 0. The monoisotopic (exact) mass is 128 g/mol. The van der Waals surface area contributed by atoms with Gasteiger partial charge < -0.3 is 0 Å². The lowest BCUT2D eigenvalue weighted by atomic mass is 9.88. The largest absolute Gasteiger partial charge is 0.144 e. The molecule has 0 unspecified atom stereocenters. The summed E-state index contributed by atoms with van der Waals surface area (Å²) in [6.45, 7) is 0. The van der Waals surface area contributed by atoms with Gasteiger partial charge >= 0.3 is 0 Å². The standard InChI is InChI=1S/C10H8/c1-2-5-9(6-3-1)10-7-4-8-10/h1-3,5-7H,8H2. The van der Waals surface area contributed by atoms with Crippen LogP contribution in [0.4, 0.5) is 0 Å². The fourth-order valence-corrected chi connectivity index (χ4v) is 1.04. The lowest BCUT2D eigenvalue weighted by Gasteiger charge is -2.16. The van der Waals surface area contributed by atoms with E-state index in [9.17, 15) is 0 Å². The predicted molar refractivity (Wildman–Crippen MR) is 41.2 cm³/mol. The maximum Gasteiger partial charge on any atom is 0.0276 e. The molecule has 1 aliphatic carbocycles. The van der Waals surface area contributed by atoms with Gasteiger partial charge in [-0.3, -0.25) is 0 Å². The zero-order chi connectivity index (χ0) is 6.81. The second-order valence-corrected chi connectivity index (χ2v) is 2.42. The van der Waals surface area contributed by atoms with E-state index >= 15 is 0 Å². The third-order valence-corrected chi connectivity index (χ3v) is 1.71. The summed E-state index contributed by atoms with van der Waals surface area (Å²) in [4.78, 5) is 0. The minimum Gasteiger partial charge on any atom is -0.144 e. The van der Waals surface area contributed by atoms with Crippen LogP contribution in [-0.2, 0) is 0 Å². The highest BCUT2D eigenvalue weighted by molar-refractivity contribution is 5.41. The molecule has 0 atom stereocenters. The number of hydrogen-bond acceptors (Lipinski definition) is 0. The van der Waals surface area contributed by atoms with Crippen LogP contribution in [0.3, 0.4) is 0 Å². The van der Waals surface area contributed by atoms with E-state index in [0.29, 0.717) is 0 Å². The molecule has 10 heavy (non-hydrogen) atoms. The molecule has 0 saturated heterocycles. The van der Waals surface area contributed by atoms with Crippen molar-refractivity contribution in [3.8, 4) is 0 Å². The highest BCUT2D eigenvalue weighted by Crippen LogP contribution is 2.26. The van der Waals surface area contributed by atoms with E-state index in [1.807, 2.05) is 6.07 Å². The van der Waals surface area contributed by atoms with E-state index in [2.05, 4.69) is 36.4 Å². The Morgan fingerprint density at radius 3 is 2.40 bits per heavy atom. The third-order valence-electron chi connectivity index (χ3n) is 1.71. The van der Waals surface area contributed by atoms with Gasteiger partial charge in [0, 0.05) is 6.42 Å². The van der Waals surface area contributed by atoms with E-state index in [1.54, 1.807) is 0 Å². The Morgan fingerprint density at radius 2 is 1.90 bits per heavy atom. The Morgan fingerprint density at radius 1 is 1.20 bits per heavy atom. The first-order valence-electron chi connectivity index (χ1n) is 3.45. The predicted octanol–water partition coefficient (Wildman–Crippen LogP) is 2.37. The van der Waals surface area contributed by atoms with Gasteiger partial charge in [0.1, 0.15) is 0 Å². The molecule has 48 valence electrons. The van der Waals surface area contributed by atoms with E-state index < -0.39 is 0 Å². The maximum atomic E-state index is 3.10. The summed E-state index contributed by atoms with van der Waals surface area (Å²) in [5.74, 6) is 1.40. The van der Waals surface area contributed by atoms with Gasteiger partial charge in [-0.25, -0.2) is 0 Å². The molecule has 0 spiro atoms. The van der Waals surface area contributed by atoms with Gasteiger partial charge in [0.05, 0.1) is 0 Å². The molecule has 0 nitrogen and oxygen atoms in total. The van der Waals surface area contributed by atoms with Crippen molar-refractivity contribution in [3.63, 3.8) is 0 Å². The molecule has 1 aromatic carbocycles. The van der Waals surface area contributed by atoms with Crippen LogP contribution >= 0.6 is 0 Å². The summed E-state index contributed by atoms with van der Waals surface area (Å²) in [6, 6.07) is 10.4. The van der Waals surface area contributed by atoms with Crippen LogP contribution in [0.5, 0.6) is 0 Å². The van der Waals surface area contributed by atoms with Gasteiger partial charge in [0.15, 0.2) is 0 Å². The first-order chi connectivity index (χ1) is 4.97. The number of allylic oxidation sites excluding steroid dienone is 2. The van der Waals surface area contributed by atoms with Crippen LogP contribution < -0.4 is 0 Å². The molecule has 0 saturated carbocycles. The molecule has 0 N–H and O–H groups in total. The molecule has 0 aliphatic heterocycles. The van der Waals surface area contributed by atoms with Crippen molar-refractivity contribution in [2.45, 2.75) is 6.42 Å². The smallest absolute Gasteiger partial charge is 0.0276 e. The van der Waals surface area contributed by atoms with Crippen LogP contribution in [0.1, 0.15) is 12.0 Å². The number of benzene rings is 1. The Balaban J connectivity index is 2.26. The Kier molecular flexibility index (Phi) is 1.20. The SMILES string of the molecule is [C+]1=C[C-](c2ccccc2)C1. The first kappa shape index (κ1) is 5.52. The van der Waals surface area contributed by atoms with Gasteiger partial charge in [-0.05, 0) is 17.6 Å². The lowest BCUT2D eigenvalue weighted by molar-refractivity contribution is 0.997. The quantitative estimate of drug-likeness (QED) is 0.509. The van der Waals surface area contributed by atoms with Crippen molar-refractivity contribution in [1.82, 2.24) is 0 Å².